The Bertz CT molecular complexity index is 1150. The molecular formula is C20H20ClN3O7S. The molecule has 170 valence electrons. The molecule has 0 aliphatic carbocycles. The van der Waals surface area contributed by atoms with Gasteiger partial charge in [-0.25, -0.2) is 8.42 Å². The van der Waals surface area contributed by atoms with E-state index in [1.54, 1.807) is 0 Å². The predicted molar refractivity (Wildman–Crippen MR) is 113 cm³/mol. The lowest BCUT2D eigenvalue weighted by atomic mass is 10.2. The van der Waals surface area contributed by atoms with Gasteiger partial charge in [0.05, 0.1) is 23.1 Å². The van der Waals surface area contributed by atoms with Crippen LogP contribution in [0, 0.1) is 0 Å². The Hall–Kier alpha value is -2.86. The minimum absolute atomic E-state index is 0.0167. The second-order valence-corrected chi connectivity index (χ2v) is 9.28. The SMILES string of the molecule is O=C(NNC(=O)c1cc(Cl)c2c(c1)OCCO2)c1cccc(S(=O)(=O)N2CCOCC2)c1. The summed E-state index contributed by atoms with van der Waals surface area (Å²) < 4.78 is 42.9. The van der Waals surface area contributed by atoms with Crippen LogP contribution in [0.3, 0.4) is 0 Å². The van der Waals surface area contributed by atoms with Gasteiger partial charge in [-0.15, -0.1) is 0 Å². The Morgan fingerprint density at radius 1 is 0.906 bits per heavy atom. The van der Waals surface area contributed by atoms with E-state index in [0.717, 1.165) is 0 Å². The molecule has 0 radical (unpaired) electrons. The lowest BCUT2D eigenvalue weighted by Crippen LogP contribution is -2.42. The number of carbonyl (C=O) groups excluding carboxylic acids is 2. The highest BCUT2D eigenvalue weighted by atomic mass is 35.5. The molecule has 0 atom stereocenters. The van der Waals surface area contributed by atoms with Crippen LogP contribution in [0.2, 0.25) is 5.02 Å². The summed E-state index contributed by atoms with van der Waals surface area (Å²) in [5.74, 6) is -0.617. The molecule has 10 nitrogen and oxygen atoms in total. The number of sulfonamides is 1. The summed E-state index contributed by atoms with van der Waals surface area (Å²) in [7, 11) is -3.76. The molecular weight excluding hydrogens is 462 g/mol. The van der Waals surface area contributed by atoms with E-state index in [4.69, 9.17) is 25.8 Å². The van der Waals surface area contributed by atoms with Crippen molar-refractivity contribution in [2.24, 2.45) is 0 Å². The van der Waals surface area contributed by atoms with Gasteiger partial charge in [0.1, 0.15) is 13.2 Å². The van der Waals surface area contributed by atoms with Gasteiger partial charge in [-0.3, -0.25) is 20.4 Å². The highest BCUT2D eigenvalue weighted by Crippen LogP contribution is 2.38. The lowest BCUT2D eigenvalue weighted by molar-refractivity contribution is 0.0730. The first-order valence-electron chi connectivity index (χ1n) is 9.74. The topological polar surface area (TPSA) is 123 Å². The predicted octanol–water partition coefficient (Wildman–Crippen LogP) is 1.21. The maximum absolute atomic E-state index is 12.8. The molecule has 2 aliphatic rings. The van der Waals surface area contributed by atoms with E-state index in [2.05, 4.69) is 10.9 Å². The normalized spacial score (nSPS) is 16.3. The average molecular weight is 482 g/mol. The van der Waals surface area contributed by atoms with Crippen molar-refractivity contribution in [2.45, 2.75) is 4.90 Å². The smallest absolute Gasteiger partial charge is 0.269 e. The summed E-state index contributed by atoms with van der Waals surface area (Å²) >= 11 is 6.13. The van der Waals surface area contributed by atoms with Gasteiger partial charge in [-0.2, -0.15) is 4.31 Å². The number of morpholine rings is 1. The fourth-order valence-electron chi connectivity index (χ4n) is 3.23. The van der Waals surface area contributed by atoms with E-state index >= 15 is 0 Å². The minimum atomic E-state index is -3.76. The molecule has 32 heavy (non-hydrogen) atoms. The number of benzene rings is 2. The minimum Gasteiger partial charge on any atom is -0.486 e. The molecule has 2 aliphatic heterocycles. The largest absolute Gasteiger partial charge is 0.486 e. The zero-order valence-electron chi connectivity index (χ0n) is 16.8. The molecule has 0 unspecified atom stereocenters. The van der Waals surface area contributed by atoms with Crippen molar-refractivity contribution in [1.29, 1.82) is 0 Å². The molecule has 4 rings (SSSR count). The third-order valence-electron chi connectivity index (χ3n) is 4.85. The summed E-state index contributed by atoms with van der Waals surface area (Å²) in [6, 6.07) is 8.43. The van der Waals surface area contributed by atoms with Crippen LogP contribution in [-0.2, 0) is 14.8 Å². The summed E-state index contributed by atoms with van der Waals surface area (Å²) in [5.41, 5.74) is 4.78. The Morgan fingerprint density at radius 3 is 2.34 bits per heavy atom. The number of hydrogen-bond donors (Lipinski definition) is 2. The summed E-state index contributed by atoms with van der Waals surface area (Å²) in [5, 5.41) is 0.208. The second-order valence-electron chi connectivity index (χ2n) is 6.93. The van der Waals surface area contributed by atoms with Crippen LogP contribution >= 0.6 is 11.6 Å². The van der Waals surface area contributed by atoms with Crippen molar-refractivity contribution >= 4 is 33.4 Å². The van der Waals surface area contributed by atoms with Crippen LogP contribution in [0.5, 0.6) is 11.5 Å². The van der Waals surface area contributed by atoms with Gasteiger partial charge < -0.3 is 14.2 Å². The van der Waals surface area contributed by atoms with E-state index < -0.39 is 21.8 Å². The van der Waals surface area contributed by atoms with Gasteiger partial charge in [0.2, 0.25) is 10.0 Å². The van der Waals surface area contributed by atoms with Gasteiger partial charge in [-0.05, 0) is 30.3 Å². The first-order valence-corrected chi connectivity index (χ1v) is 11.6. The zero-order chi connectivity index (χ0) is 22.7. The third-order valence-corrected chi connectivity index (χ3v) is 7.03. The molecule has 2 aromatic carbocycles. The molecule has 2 amide bonds. The quantitative estimate of drug-likeness (QED) is 0.629. The molecule has 1 fully saturated rings. The Balaban J connectivity index is 1.44. The van der Waals surface area contributed by atoms with Crippen molar-refractivity contribution < 1.29 is 32.2 Å². The molecule has 0 saturated carbocycles. The first kappa shape index (κ1) is 22.3. The number of hydrogen-bond acceptors (Lipinski definition) is 7. The molecule has 0 aromatic heterocycles. The monoisotopic (exact) mass is 481 g/mol. The standard InChI is InChI=1S/C20H20ClN3O7S/c21-16-11-14(12-17-18(16)31-9-8-30-17)20(26)23-22-19(25)13-2-1-3-15(10-13)32(27,28)24-4-6-29-7-5-24/h1-3,10-12H,4-9H2,(H,22,25)(H,23,26). The highest BCUT2D eigenvalue weighted by molar-refractivity contribution is 7.89. The number of ether oxygens (including phenoxy) is 3. The van der Waals surface area contributed by atoms with Gasteiger partial charge >= 0.3 is 0 Å². The van der Waals surface area contributed by atoms with Crippen LogP contribution in [0.25, 0.3) is 0 Å². The number of carbonyl (C=O) groups is 2. The Labute approximate surface area is 189 Å². The van der Waals surface area contributed by atoms with Crippen LogP contribution in [0.4, 0.5) is 0 Å². The van der Waals surface area contributed by atoms with E-state index in [1.807, 2.05) is 0 Å². The zero-order valence-corrected chi connectivity index (χ0v) is 18.4. The maximum atomic E-state index is 12.8. The van der Waals surface area contributed by atoms with Crippen LogP contribution in [-0.4, -0.2) is 64.1 Å². The van der Waals surface area contributed by atoms with Gasteiger partial charge in [0, 0.05) is 24.2 Å². The lowest BCUT2D eigenvalue weighted by Gasteiger charge is -2.26. The number of hydrazine groups is 1. The average Bonchev–Trinajstić information content (AvgIpc) is 2.83. The van der Waals surface area contributed by atoms with Gasteiger partial charge in [-0.1, -0.05) is 17.7 Å². The third kappa shape index (κ3) is 4.65. The van der Waals surface area contributed by atoms with E-state index in [-0.39, 0.29) is 34.1 Å². The Morgan fingerprint density at radius 2 is 1.59 bits per heavy atom. The molecule has 0 spiro atoms. The van der Waals surface area contributed by atoms with Gasteiger partial charge in [0.15, 0.2) is 11.5 Å². The van der Waals surface area contributed by atoms with Crippen molar-refractivity contribution in [1.82, 2.24) is 15.2 Å². The summed E-state index contributed by atoms with van der Waals surface area (Å²) in [6.07, 6.45) is 0. The van der Waals surface area contributed by atoms with Crippen molar-refractivity contribution in [2.75, 3.05) is 39.5 Å². The number of nitrogens with one attached hydrogen (secondary N) is 2. The van der Waals surface area contributed by atoms with Crippen LogP contribution in [0.1, 0.15) is 20.7 Å². The highest BCUT2D eigenvalue weighted by Gasteiger charge is 2.27. The number of amides is 2. The molecule has 1 saturated heterocycles. The van der Waals surface area contributed by atoms with Gasteiger partial charge in [0.25, 0.3) is 11.8 Å². The summed E-state index contributed by atoms with van der Waals surface area (Å²) in [4.78, 5) is 24.9. The Kier molecular flexibility index (Phi) is 6.51. The molecule has 2 N–H and O–H groups in total. The summed E-state index contributed by atoms with van der Waals surface area (Å²) in [6.45, 7) is 1.80. The fraction of sp³-hybridized carbons (Fsp3) is 0.300. The molecule has 12 heteroatoms. The second kappa shape index (κ2) is 9.33. The van der Waals surface area contributed by atoms with E-state index in [0.29, 0.717) is 37.9 Å². The van der Waals surface area contributed by atoms with E-state index in [1.165, 1.54) is 40.7 Å². The number of rotatable bonds is 4. The molecule has 0 bridgehead atoms. The van der Waals surface area contributed by atoms with Crippen LogP contribution in [0.15, 0.2) is 41.3 Å². The number of halogens is 1. The van der Waals surface area contributed by atoms with Crippen LogP contribution < -0.4 is 20.3 Å². The fourth-order valence-corrected chi connectivity index (χ4v) is 4.95. The maximum Gasteiger partial charge on any atom is 0.269 e. The molecule has 2 aromatic rings. The van der Waals surface area contributed by atoms with Crippen molar-refractivity contribution in [3.05, 3.63) is 52.5 Å². The number of nitrogens with zero attached hydrogens (tertiary/aromatic N) is 1. The first-order chi connectivity index (χ1) is 15.4. The number of fused-ring (bicyclic) bond motifs is 1. The van der Waals surface area contributed by atoms with Crippen molar-refractivity contribution in [3.8, 4) is 11.5 Å². The molecule has 2 heterocycles. The van der Waals surface area contributed by atoms with Crippen molar-refractivity contribution in [3.63, 3.8) is 0 Å². The van der Waals surface area contributed by atoms with E-state index in [9.17, 15) is 18.0 Å².